The van der Waals surface area contributed by atoms with Crippen LogP contribution in [0.25, 0.3) is 0 Å². The van der Waals surface area contributed by atoms with Crippen LogP contribution in [-0.4, -0.2) is 42.1 Å². The molecule has 26 heavy (non-hydrogen) atoms. The van der Waals surface area contributed by atoms with Crippen molar-refractivity contribution in [2.75, 3.05) is 14.2 Å². The maximum atomic E-state index is 12.1. The van der Waals surface area contributed by atoms with Crippen LogP contribution in [-0.2, 0) is 19.1 Å². The summed E-state index contributed by atoms with van der Waals surface area (Å²) in [6.07, 6.45) is 9.75. The van der Waals surface area contributed by atoms with E-state index in [0.29, 0.717) is 12.8 Å². The molecule has 0 aromatic rings. The number of rotatable bonds is 10. The van der Waals surface area contributed by atoms with E-state index in [9.17, 15) is 9.59 Å². The van der Waals surface area contributed by atoms with Crippen molar-refractivity contribution in [3.63, 3.8) is 0 Å². The molecular formula is C21H37NO4. The fourth-order valence-corrected chi connectivity index (χ4v) is 3.48. The van der Waals surface area contributed by atoms with Crippen LogP contribution in [0.15, 0.2) is 11.8 Å². The van der Waals surface area contributed by atoms with Crippen LogP contribution in [0.4, 0.5) is 0 Å². The van der Waals surface area contributed by atoms with Crippen LogP contribution in [0.2, 0.25) is 0 Å². The van der Waals surface area contributed by atoms with Gasteiger partial charge in [0.2, 0.25) is 0 Å². The molecule has 0 saturated heterocycles. The van der Waals surface area contributed by atoms with Crippen molar-refractivity contribution in [3.05, 3.63) is 11.8 Å². The molecule has 1 aliphatic rings. The zero-order valence-corrected chi connectivity index (χ0v) is 17.5. The number of methoxy groups -OCH3 is 1. The first-order chi connectivity index (χ1) is 12.1. The number of carbonyl (C=O) groups is 2. The molecule has 0 atom stereocenters. The Hall–Kier alpha value is -1.36. The number of hydrogen-bond acceptors (Lipinski definition) is 5. The average Bonchev–Trinajstić information content (AvgIpc) is 2.54. The van der Waals surface area contributed by atoms with Crippen molar-refractivity contribution >= 4 is 11.9 Å². The molecule has 0 saturated carbocycles. The Kier molecular flexibility index (Phi) is 8.81. The van der Waals surface area contributed by atoms with Gasteiger partial charge < -0.3 is 9.47 Å². The van der Waals surface area contributed by atoms with Crippen LogP contribution in [0.1, 0.15) is 85.5 Å². The molecule has 0 aromatic heterocycles. The number of carbonyl (C=O) groups excluding carboxylic acids is 2. The first kappa shape index (κ1) is 22.7. The van der Waals surface area contributed by atoms with E-state index >= 15 is 0 Å². The van der Waals surface area contributed by atoms with Crippen molar-refractivity contribution in [1.82, 2.24) is 4.90 Å². The van der Waals surface area contributed by atoms with E-state index in [0.717, 1.165) is 50.7 Å². The number of unbranched alkanes of at least 4 members (excludes halogenated alkanes) is 5. The summed E-state index contributed by atoms with van der Waals surface area (Å²) >= 11 is 0. The standard InChI is InChI=1S/C21H37NO4/c1-20(2)15-17(16-21(3,4)22(20)5)26-19(24)14-12-10-8-7-9-11-13-18(23)25-6/h15H,7-14,16H2,1-6H3. The third-order valence-electron chi connectivity index (χ3n) is 5.38. The summed E-state index contributed by atoms with van der Waals surface area (Å²) in [6, 6.07) is 0. The molecular weight excluding hydrogens is 330 g/mol. The Morgan fingerprint density at radius 1 is 0.962 bits per heavy atom. The molecule has 0 amide bonds. The van der Waals surface area contributed by atoms with Crippen LogP contribution >= 0.6 is 0 Å². The highest BCUT2D eigenvalue weighted by atomic mass is 16.5. The first-order valence-electron chi connectivity index (χ1n) is 9.81. The summed E-state index contributed by atoms with van der Waals surface area (Å²) < 4.78 is 10.3. The minimum Gasteiger partial charge on any atom is -0.469 e. The number of ether oxygens (including phenoxy) is 2. The quantitative estimate of drug-likeness (QED) is 0.417. The van der Waals surface area contributed by atoms with E-state index in [-0.39, 0.29) is 23.0 Å². The van der Waals surface area contributed by atoms with Crippen molar-refractivity contribution < 1.29 is 19.1 Å². The number of esters is 2. The Morgan fingerprint density at radius 2 is 1.46 bits per heavy atom. The highest BCUT2D eigenvalue weighted by Crippen LogP contribution is 2.36. The Morgan fingerprint density at radius 3 is 1.96 bits per heavy atom. The van der Waals surface area contributed by atoms with E-state index in [2.05, 4.69) is 50.5 Å². The molecule has 0 aliphatic carbocycles. The summed E-state index contributed by atoms with van der Waals surface area (Å²) in [5.41, 5.74) is -0.153. The van der Waals surface area contributed by atoms with Crippen molar-refractivity contribution in [3.8, 4) is 0 Å². The summed E-state index contributed by atoms with van der Waals surface area (Å²) in [5, 5.41) is 0. The molecule has 5 heteroatoms. The molecule has 0 fully saturated rings. The van der Waals surface area contributed by atoms with Gasteiger partial charge in [0.1, 0.15) is 5.76 Å². The molecule has 0 unspecified atom stereocenters. The Bertz CT molecular complexity index is 508. The first-order valence-corrected chi connectivity index (χ1v) is 9.81. The third kappa shape index (κ3) is 7.48. The van der Waals surface area contributed by atoms with Gasteiger partial charge in [-0.3, -0.25) is 14.5 Å². The van der Waals surface area contributed by atoms with Crippen molar-refractivity contribution in [1.29, 1.82) is 0 Å². The highest BCUT2D eigenvalue weighted by molar-refractivity contribution is 5.70. The minimum atomic E-state index is -0.137. The normalized spacial score (nSPS) is 18.9. The van der Waals surface area contributed by atoms with E-state index in [1.54, 1.807) is 0 Å². The second kappa shape index (κ2) is 10.1. The lowest BCUT2D eigenvalue weighted by molar-refractivity contribution is -0.141. The summed E-state index contributed by atoms with van der Waals surface area (Å²) in [4.78, 5) is 25.5. The van der Waals surface area contributed by atoms with Gasteiger partial charge in [0, 0.05) is 30.3 Å². The van der Waals surface area contributed by atoms with Gasteiger partial charge in [0.15, 0.2) is 0 Å². The van der Waals surface area contributed by atoms with Gasteiger partial charge in [0.25, 0.3) is 0 Å². The number of hydrogen-bond donors (Lipinski definition) is 0. The maximum absolute atomic E-state index is 12.1. The smallest absolute Gasteiger partial charge is 0.310 e. The predicted octanol–water partition coefficient (Wildman–Crippen LogP) is 4.60. The molecule has 0 N–H and O–H groups in total. The van der Waals surface area contributed by atoms with E-state index in [4.69, 9.17) is 4.74 Å². The molecule has 1 heterocycles. The third-order valence-corrected chi connectivity index (χ3v) is 5.38. The second-order valence-electron chi connectivity index (χ2n) is 8.48. The topological polar surface area (TPSA) is 55.8 Å². The summed E-state index contributed by atoms with van der Waals surface area (Å²) in [5.74, 6) is 0.534. The average molecular weight is 368 g/mol. The number of nitrogens with zero attached hydrogens (tertiary/aromatic N) is 1. The van der Waals surface area contributed by atoms with Crippen molar-refractivity contribution in [2.45, 2.75) is 96.6 Å². The second-order valence-corrected chi connectivity index (χ2v) is 8.48. The molecule has 0 aromatic carbocycles. The zero-order chi connectivity index (χ0) is 19.8. The Labute approximate surface area is 159 Å². The molecule has 5 nitrogen and oxygen atoms in total. The Balaban J connectivity index is 2.22. The van der Waals surface area contributed by atoms with Gasteiger partial charge in [-0.2, -0.15) is 0 Å². The monoisotopic (exact) mass is 367 g/mol. The molecule has 0 spiro atoms. The van der Waals surface area contributed by atoms with Gasteiger partial charge in [-0.15, -0.1) is 0 Å². The molecule has 1 aliphatic heterocycles. The lowest BCUT2D eigenvalue weighted by Gasteiger charge is -2.48. The molecule has 0 radical (unpaired) electrons. The highest BCUT2D eigenvalue weighted by Gasteiger charge is 2.39. The molecule has 0 bridgehead atoms. The van der Waals surface area contributed by atoms with Gasteiger partial charge in [-0.05, 0) is 53.7 Å². The predicted molar refractivity (Wildman–Crippen MR) is 104 cm³/mol. The SMILES string of the molecule is COC(=O)CCCCCCCCC(=O)OC1=CC(C)(C)N(C)C(C)(C)C1. The van der Waals surface area contributed by atoms with E-state index in [1.807, 2.05) is 0 Å². The summed E-state index contributed by atoms with van der Waals surface area (Å²) in [7, 11) is 3.53. The fourth-order valence-electron chi connectivity index (χ4n) is 3.48. The fraction of sp³-hybridized carbons (Fsp3) is 0.810. The largest absolute Gasteiger partial charge is 0.469 e. The van der Waals surface area contributed by atoms with Crippen LogP contribution in [0, 0.1) is 0 Å². The summed E-state index contributed by atoms with van der Waals surface area (Å²) in [6.45, 7) is 8.63. The van der Waals surface area contributed by atoms with Crippen LogP contribution in [0.3, 0.4) is 0 Å². The molecule has 150 valence electrons. The van der Waals surface area contributed by atoms with E-state index in [1.165, 1.54) is 7.11 Å². The molecule has 1 rings (SSSR count). The maximum Gasteiger partial charge on any atom is 0.310 e. The van der Waals surface area contributed by atoms with E-state index < -0.39 is 0 Å². The lowest BCUT2D eigenvalue weighted by Crippen LogP contribution is -2.55. The van der Waals surface area contributed by atoms with Crippen molar-refractivity contribution in [2.24, 2.45) is 0 Å². The van der Waals surface area contributed by atoms with Crippen LogP contribution < -0.4 is 0 Å². The van der Waals surface area contributed by atoms with Gasteiger partial charge in [0.05, 0.1) is 7.11 Å². The number of likely N-dealkylation sites (N-methyl/N-ethyl adjacent to an activating group) is 1. The van der Waals surface area contributed by atoms with Gasteiger partial charge in [-0.1, -0.05) is 25.7 Å². The van der Waals surface area contributed by atoms with Gasteiger partial charge in [-0.25, -0.2) is 0 Å². The zero-order valence-electron chi connectivity index (χ0n) is 17.5. The van der Waals surface area contributed by atoms with Crippen LogP contribution in [0.5, 0.6) is 0 Å². The van der Waals surface area contributed by atoms with Gasteiger partial charge >= 0.3 is 11.9 Å². The lowest BCUT2D eigenvalue weighted by atomic mass is 9.85. The minimum absolute atomic E-state index is 0.0297.